The lowest BCUT2D eigenvalue weighted by Gasteiger charge is -2.07. The van der Waals surface area contributed by atoms with Crippen LogP contribution in [0.3, 0.4) is 0 Å². The summed E-state index contributed by atoms with van der Waals surface area (Å²) in [4.78, 5) is 28.6. The second-order valence-corrected chi connectivity index (χ2v) is 6.96. The van der Waals surface area contributed by atoms with E-state index in [0.29, 0.717) is 15.8 Å². The number of carbonyl (C=O) groups is 2. The lowest BCUT2D eigenvalue weighted by Crippen LogP contribution is -2.16. The fourth-order valence-corrected chi connectivity index (χ4v) is 3.27. The summed E-state index contributed by atoms with van der Waals surface area (Å²) in [6.07, 6.45) is 0.256. The molecule has 0 aliphatic rings. The van der Waals surface area contributed by atoms with Crippen LogP contribution in [0.4, 0.5) is 10.8 Å². The molecule has 0 saturated heterocycles. The van der Waals surface area contributed by atoms with Gasteiger partial charge in [-0.15, -0.1) is 11.3 Å². The summed E-state index contributed by atoms with van der Waals surface area (Å²) < 4.78 is 0. The molecule has 1 heterocycles. The van der Waals surface area contributed by atoms with Gasteiger partial charge >= 0.3 is 0 Å². The Morgan fingerprint density at radius 3 is 2.62 bits per heavy atom. The van der Waals surface area contributed by atoms with Gasteiger partial charge in [-0.1, -0.05) is 41.9 Å². The molecule has 5 nitrogen and oxygen atoms in total. The van der Waals surface area contributed by atoms with Gasteiger partial charge in [0.05, 0.1) is 6.42 Å². The first-order valence-electron chi connectivity index (χ1n) is 7.88. The lowest BCUT2D eigenvalue weighted by atomic mass is 10.1. The fraction of sp³-hybridized carbons (Fsp3) is 0.105. The van der Waals surface area contributed by atoms with Crippen molar-refractivity contribution in [2.24, 2.45) is 0 Å². The molecule has 2 amide bonds. The van der Waals surface area contributed by atoms with E-state index in [2.05, 4.69) is 15.6 Å². The predicted molar refractivity (Wildman–Crippen MR) is 105 cm³/mol. The van der Waals surface area contributed by atoms with Crippen molar-refractivity contribution in [2.45, 2.75) is 13.3 Å². The Balaban J connectivity index is 1.61. The van der Waals surface area contributed by atoms with E-state index in [4.69, 9.17) is 11.6 Å². The number of halogens is 1. The van der Waals surface area contributed by atoms with Crippen LogP contribution in [0, 0.1) is 6.92 Å². The quantitative estimate of drug-likeness (QED) is 0.677. The molecule has 0 fully saturated rings. The summed E-state index contributed by atoms with van der Waals surface area (Å²) in [7, 11) is 0. The van der Waals surface area contributed by atoms with Crippen molar-refractivity contribution in [1.82, 2.24) is 4.98 Å². The Bertz CT molecular complexity index is 941. The van der Waals surface area contributed by atoms with Gasteiger partial charge in [0, 0.05) is 16.1 Å². The predicted octanol–water partition coefficient (Wildman–Crippen LogP) is 4.54. The fourth-order valence-electron chi connectivity index (χ4n) is 2.33. The van der Waals surface area contributed by atoms with Gasteiger partial charge in [-0.25, -0.2) is 4.98 Å². The number of anilines is 2. The van der Waals surface area contributed by atoms with Crippen LogP contribution >= 0.6 is 22.9 Å². The number of hydrogen-bond donors (Lipinski definition) is 2. The summed E-state index contributed by atoms with van der Waals surface area (Å²) in [6.45, 7) is 1.86. The van der Waals surface area contributed by atoms with Crippen LogP contribution in [0.15, 0.2) is 53.9 Å². The molecule has 0 atom stereocenters. The normalized spacial score (nSPS) is 10.4. The Labute approximate surface area is 160 Å². The van der Waals surface area contributed by atoms with Crippen LogP contribution in [0.5, 0.6) is 0 Å². The minimum absolute atomic E-state index is 0.175. The van der Waals surface area contributed by atoms with Gasteiger partial charge in [0.1, 0.15) is 5.69 Å². The van der Waals surface area contributed by atoms with Crippen molar-refractivity contribution in [2.75, 3.05) is 10.6 Å². The SMILES string of the molecule is Cc1cc(Cl)ccc1NC(=O)c1csc(NC(=O)Cc2ccccc2)n1. The van der Waals surface area contributed by atoms with E-state index < -0.39 is 0 Å². The van der Waals surface area contributed by atoms with Gasteiger partial charge in [-0.05, 0) is 36.2 Å². The van der Waals surface area contributed by atoms with E-state index in [0.717, 1.165) is 11.1 Å². The van der Waals surface area contributed by atoms with Gasteiger partial charge in [-0.3, -0.25) is 9.59 Å². The van der Waals surface area contributed by atoms with Crippen LogP contribution in [0.25, 0.3) is 0 Å². The van der Waals surface area contributed by atoms with Gasteiger partial charge < -0.3 is 10.6 Å². The molecule has 0 saturated carbocycles. The Morgan fingerprint density at radius 1 is 1.12 bits per heavy atom. The maximum absolute atomic E-state index is 12.3. The highest BCUT2D eigenvalue weighted by Gasteiger charge is 2.14. The molecular weight excluding hydrogens is 370 g/mol. The number of aromatic nitrogens is 1. The number of nitrogens with one attached hydrogen (secondary N) is 2. The number of carbonyl (C=O) groups excluding carboxylic acids is 2. The van der Waals surface area contributed by atoms with Gasteiger partial charge in [-0.2, -0.15) is 0 Å². The molecule has 0 aliphatic carbocycles. The summed E-state index contributed by atoms with van der Waals surface area (Å²) in [5, 5.41) is 8.12. The number of rotatable bonds is 5. The minimum Gasteiger partial charge on any atom is -0.320 e. The maximum Gasteiger partial charge on any atom is 0.275 e. The first kappa shape index (κ1) is 18.1. The molecule has 1 aromatic heterocycles. The molecule has 0 radical (unpaired) electrons. The Kier molecular flexibility index (Phi) is 5.65. The zero-order valence-electron chi connectivity index (χ0n) is 14.0. The second kappa shape index (κ2) is 8.12. The van der Waals surface area contributed by atoms with E-state index in [1.54, 1.807) is 23.6 Å². The number of aryl methyl sites for hydroxylation is 1. The molecule has 2 aromatic carbocycles. The zero-order chi connectivity index (χ0) is 18.5. The van der Waals surface area contributed by atoms with Gasteiger partial charge in [0.2, 0.25) is 5.91 Å². The molecule has 26 heavy (non-hydrogen) atoms. The topological polar surface area (TPSA) is 71.1 Å². The summed E-state index contributed by atoms with van der Waals surface area (Å²) in [5.41, 5.74) is 2.69. The van der Waals surface area contributed by atoms with Crippen molar-refractivity contribution in [3.05, 3.63) is 75.8 Å². The van der Waals surface area contributed by atoms with Crippen LogP contribution in [-0.4, -0.2) is 16.8 Å². The highest BCUT2D eigenvalue weighted by Crippen LogP contribution is 2.21. The molecule has 132 valence electrons. The second-order valence-electron chi connectivity index (χ2n) is 5.66. The van der Waals surface area contributed by atoms with Crippen LogP contribution < -0.4 is 10.6 Å². The third kappa shape index (κ3) is 4.68. The van der Waals surface area contributed by atoms with Crippen molar-refractivity contribution >= 4 is 45.6 Å². The zero-order valence-corrected chi connectivity index (χ0v) is 15.5. The molecule has 0 aliphatic heterocycles. The number of amides is 2. The smallest absolute Gasteiger partial charge is 0.275 e. The van der Waals surface area contributed by atoms with Gasteiger partial charge in [0.25, 0.3) is 5.91 Å². The van der Waals surface area contributed by atoms with Crippen LogP contribution in [-0.2, 0) is 11.2 Å². The molecule has 2 N–H and O–H groups in total. The van der Waals surface area contributed by atoms with Crippen molar-refractivity contribution in [1.29, 1.82) is 0 Å². The first-order valence-corrected chi connectivity index (χ1v) is 9.14. The largest absolute Gasteiger partial charge is 0.320 e. The van der Waals surface area contributed by atoms with E-state index in [1.807, 2.05) is 37.3 Å². The number of thiazole rings is 1. The molecule has 0 bridgehead atoms. The number of nitrogens with zero attached hydrogens (tertiary/aromatic N) is 1. The molecule has 7 heteroatoms. The molecule has 3 rings (SSSR count). The first-order chi connectivity index (χ1) is 12.5. The number of hydrogen-bond acceptors (Lipinski definition) is 4. The molecular formula is C19H16ClN3O2S. The highest BCUT2D eigenvalue weighted by molar-refractivity contribution is 7.14. The standard InChI is InChI=1S/C19H16ClN3O2S/c1-12-9-14(20)7-8-15(12)21-18(25)16-11-26-19(22-16)23-17(24)10-13-5-3-2-4-6-13/h2-9,11H,10H2,1H3,(H,21,25)(H,22,23,24). The molecule has 3 aromatic rings. The average molecular weight is 386 g/mol. The molecule has 0 spiro atoms. The Hall–Kier alpha value is -2.70. The van der Waals surface area contributed by atoms with E-state index in [-0.39, 0.29) is 23.9 Å². The van der Waals surface area contributed by atoms with Gasteiger partial charge in [0.15, 0.2) is 5.13 Å². The highest BCUT2D eigenvalue weighted by atomic mass is 35.5. The Morgan fingerprint density at radius 2 is 1.88 bits per heavy atom. The van der Waals surface area contributed by atoms with Crippen molar-refractivity contribution < 1.29 is 9.59 Å². The minimum atomic E-state index is -0.338. The summed E-state index contributed by atoms with van der Waals surface area (Å²) in [6, 6.07) is 14.7. The van der Waals surface area contributed by atoms with E-state index in [1.165, 1.54) is 11.3 Å². The van der Waals surface area contributed by atoms with Crippen LogP contribution in [0.2, 0.25) is 5.02 Å². The molecule has 0 unspecified atom stereocenters. The van der Waals surface area contributed by atoms with Crippen molar-refractivity contribution in [3.63, 3.8) is 0 Å². The number of benzene rings is 2. The third-order valence-corrected chi connectivity index (χ3v) is 4.62. The lowest BCUT2D eigenvalue weighted by molar-refractivity contribution is -0.115. The van der Waals surface area contributed by atoms with Crippen LogP contribution in [0.1, 0.15) is 21.6 Å². The maximum atomic E-state index is 12.3. The van der Waals surface area contributed by atoms with Crippen molar-refractivity contribution in [3.8, 4) is 0 Å². The average Bonchev–Trinajstić information content (AvgIpc) is 3.06. The third-order valence-electron chi connectivity index (χ3n) is 3.63. The van der Waals surface area contributed by atoms with E-state index in [9.17, 15) is 9.59 Å². The summed E-state index contributed by atoms with van der Waals surface area (Å²) in [5.74, 6) is -0.513. The summed E-state index contributed by atoms with van der Waals surface area (Å²) >= 11 is 7.13. The van der Waals surface area contributed by atoms with E-state index >= 15 is 0 Å². The monoisotopic (exact) mass is 385 g/mol.